The second-order valence-corrected chi connectivity index (χ2v) is 7.24. The lowest BCUT2D eigenvalue weighted by Crippen LogP contribution is -2.48. The van der Waals surface area contributed by atoms with E-state index in [0.717, 1.165) is 17.7 Å². The molecule has 1 saturated heterocycles. The van der Waals surface area contributed by atoms with Crippen LogP contribution in [0.25, 0.3) is 0 Å². The molecule has 1 aliphatic carbocycles. The number of hydrogen-bond acceptors (Lipinski definition) is 6. The Labute approximate surface area is 166 Å². The van der Waals surface area contributed by atoms with E-state index in [-0.39, 0.29) is 5.92 Å². The summed E-state index contributed by atoms with van der Waals surface area (Å²) in [5.41, 5.74) is 3.71. The number of nitrogens with zero attached hydrogens (tertiary/aromatic N) is 1. The fourth-order valence-electron chi connectivity index (χ4n) is 3.10. The summed E-state index contributed by atoms with van der Waals surface area (Å²) < 4.78 is 4.98. The van der Waals surface area contributed by atoms with Gasteiger partial charge in [0.25, 0.3) is 17.7 Å². The van der Waals surface area contributed by atoms with E-state index in [2.05, 4.69) is 16.2 Å². The molecule has 1 aliphatic heterocycles. The van der Waals surface area contributed by atoms with Crippen molar-refractivity contribution in [3.63, 3.8) is 0 Å². The van der Waals surface area contributed by atoms with Crippen LogP contribution in [0.3, 0.4) is 0 Å². The Morgan fingerprint density at radius 2 is 1.86 bits per heavy atom. The fraction of sp³-hybridized carbons (Fsp3) is 0.421. The molecule has 2 aliphatic rings. The SMILES string of the molecule is C[C@H](OC(=O)CN1C(=O)N[C@@](C)(C2CC2)C1=O)C(=O)NNC(=O)c1ccccc1. The molecule has 1 heterocycles. The zero-order valence-electron chi connectivity index (χ0n) is 16.1. The van der Waals surface area contributed by atoms with Gasteiger partial charge in [-0.15, -0.1) is 0 Å². The van der Waals surface area contributed by atoms with Gasteiger partial charge in [0.05, 0.1) is 0 Å². The number of hydrazine groups is 1. The summed E-state index contributed by atoms with van der Waals surface area (Å²) in [6.45, 7) is 2.35. The number of imide groups is 1. The van der Waals surface area contributed by atoms with Gasteiger partial charge in [-0.05, 0) is 44.7 Å². The molecule has 1 saturated carbocycles. The van der Waals surface area contributed by atoms with E-state index in [4.69, 9.17) is 4.74 Å². The molecule has 5 amide bonds. The Morgan fingerprint density at radius 3 is 2.48 bits per heavy atom. The molecule has 1 aromatic rings. The zero-order chi connectivity index (χ0) is 21.2. The van der Waals surface area contributed by atoms with Crippen LogP contribution in [0.2, 0.25) is 0 Å². The molecule has 3 N–H and O–H groups in total. The number of urea groups is 1. The van der Waals surface area contributed by atoms with Crippen molar-refractivity contribution < 1.29 is 28.7 Å². The Bertz CT molecular complexity index is 854. The molecule has 0 radical (unpaired) electrons. The second-order valence-electron chi connectivity index (χ2n) is 7.24. The van der Waals surface area contributed by atoms with E-state index in [0.29, 0.717) is 5.56 Å². The molecule has 10 heteroatoms. The van der Waals surface area contributed by atoms with Gasteiger partial charge in [0, 0.05) is 5.56 Å². The highest BCUT2D eigenvalue weighted by Gasteiger charge is 2.56. The van der Waals surface area contributed by atoms with Crippen molar-refractivity contribution in [1.29, 1.82) is 0 Å². The number of benzene rings is 1. The Morgan fingerprint density at radius 1 is 1.21 bits per heavy atom. The van der Waals surface area contributed by atoms with E-state index in [1.165, 1.54) is 6.92 Å². The number of rotatable bonds is 6. The van der Waals surface area contributed by atoms with Gasteiger partial charge >= 0.3 is 12.0 Å². The van der Waals surface area contributed by atoms with Crippen LogP contribution in [-0.4, -0.2) is 52.8 Å². The van der Waals surface area contributed by atoms with Crippen molar-refractivity contribution in [2.75, 3.05) is 6.54 Å². The minimum Gasteiger partial charge on any atom is -0.451 e. The number of hydrogen-bond donors (Lipinski definition) is 3. The molecule has 2 atom stereocenters. The summed E-state index contributed by atoms with van der Waals surface area (Å²) in [4.78, 5) is 61.4. The number of ether oxygens (including phenoxy) is 1. The maximum atomic E-state index is 12.5. The van der Waals surface area contributed by atoms with Crippen LogP contribution in [0.4, 0.5) is 4.79 Å². The van der Waals surface area contributed by atoms with Crippen LogP contribution in [0.15, 0.2) is 30.3 Å². The molecule has 0 bridgehead atoms. The van der Waals surface area contributed by atoms with Gasteiger partial charge in [0.1, 0.15) is 12.1 Å². The first-order chi connectivity index (χ1) is 13.7. The van der Waals surface area contributed by atoms with Crippen LogP contribution in [-0.2, 0) is 19.1 Å². The number of carbonyl (C=O) groups is 5. The van der Waals surface area contributed by atoms with E-state index < -0.39 is 47.9 Å². The Hall–Kier alpha value is -3.43. The van der Waals surface area contributed by atoms with Crippen LogP contribution >= 0.6 is 0 Å². The summed E-state index contributed by atoms with van der Waals surface area (Å²) in [6, 6.07) is 7.57. The van der Waals surface area contributed by atoms with E-state index in [9.17, 15) is 24.0 Å². The zero-order valence-corrected chi connectivity index (χ0v) is 16.1. The highest BCUT2D eigenvalue weighted by Crippen LogP contribution is 2.42. The standard InChI is InChI=1S/C19H22N4O6/c1-11(15(25)21-22-16(26)12-6-4-3-5-7-12)29-14(24)10-23-17(27)19(2,13-8-9-13)20-18(23)28/h3-7,11,13H,8-10H2,1-2H3,(H,20,28)(H,21,25)(H,22,26)/t11-,19-/m0/s1. The van der Waals surface area contributed by atoms with Gasteiger partial charge in [-0.25, -0.2) is 4.79 Å². The second kappa shape index (κ2) is 7.90. The smallest absolute Gasteiger partial charge is 0.327 e. The molecular weight excluding hydrogens is 380 g/mol. The monoisotopic (exact) mass is 402 g/mol. The van der Waals surface area contributed by atoms with E-state index >= 15 is 0 Å². The van der Waals surface area contributed by atoms with Crippen molar-refractivity contribution in [2.45, 2.75) is 38.3 Å². The third-order valence-electron chi connectivity index (χ3n) is 4.99. The summed E-state index contributed by atoms with van der Waals surface area (Å²) >= 11 is 0. The summed E-state index contributed by atoms with van der Waals surface area (Å²) in [7, 11) is 0. The maximum Gasteiger partial charge on any atom is 0.327 e. The maximum absolute atomic E-state index is 12.5. The van der Waals surface area contributed by atoms with E-state index in [1.54, 1.807) is 37.3 Å². The van der Waals surface area contributed by atoms with Crippen LogP contribution in [0, 0.1) is 5.92 Å². The predicted molar refractivity (Wildman–Crippen MR) is 99.0 cm³/mol. The largest absolute Gasteiger partial charge is 0.451 e. The minimum atomic E-state index is -1.24. The van der Waals surface area contributed by atoms with Crippen molar-refractivity contribution in [1.82, 2.24) is 21.1 Å². The van der Waals surface area contributed by atoms with Crippen molar-refractivity contribution >= 4 is 29.7 Å². The Balaban J connectivity index is 1.47. The molecule has 3 rings (SSSR count). The Kier molecular flexibility index (Phi) is 5.53. The molecule has 0 unspecified atom stereocenters. The third kappa shape index (κ3) is 4.36. The van der Waals surface area contributed by atoms with Gasteiger partial charge in [0.15, 0.2) is 6.10 Å². The average molecular weight is 402 g/mol. The first-order valence-corrected chi connectivity index (χ1v) is 9.21. The fourth-order valence-corrected chi connectivity index (χ4v) is 3.10. The predicted octanol–water partition coefficient (Wildman–Crippen LogP) is 0.0998. The molecular formula is C19H22N4O6. The van der Waals surface area contributed by atoms with Crippen LogP contribution in [0.5, 0.6) is 0 Å². The first-order valence-electron chi connectivity index (χ1n) is 9.21. The number of amides is 5. The molecule has 154 valence electrons. The summed E-state index contributed by atoms with van der Waals surface area (Å²) in [5, 5.41) is 2.62. The normalized spacial score (nSPS) is 21.9. The molecule has 10 nitrogen and oxygen atoms in total. The van der Waals surface area contributed by atoms with Gasteiger partial charge in [-0.1, -0.05) is 18.2 Å². The van der Waals surface area contributed by atoms with Crippen LogP contribution < -0.4 is 16.2 Å². The lowest BCUT2D eigenvalue weighted by molar-refractivity contribution is -0.156. The minimum absolute atomic E-state index is 0.0675. The molecule has 0 spiro atoms. The van der Waals surface area contributed by atoms with Crippen molar-refractivity contribution in [3.05, 3.63) is 35.9 Å². The molecule has 1 aromatic carbocycles. The quantitative estimate of drug-likeness (QED) is 0.351. The van der Waals surface area contributed by atoms with Gasteiger partial charge in [-0.3, -0.25) is 34.9 Å². The van der Waals surface area contributed by atoms with Crippen LogP contribution in [0.1, 0.15) is 37.0 Å². The molecule has 29 heavy (non-hydrogen) atoms. The topological polar surface area (TPSA) is 134 Å². The average Bonchev–Trinajstić information content (AvgIpc) is 3.52. The summed E-state index contributed by atoms with van der Waals surface area (Å²) in [6.07, 6.45) is 0.438. The van der Waals surface area contributed by atoms with Gasteiger partial charge in [-0.2, -0.15) is 0 Å². The van der Waals surface area contributed by atoms with E-state index in [1.807, 2.05) is 0 Å². The number of carbonyl (C=O) groups excluding carboxylic acids is 5. The highest BCUT2D eigenvalue weighted by atomic mass is 16.5. The first kappa shape index (κ1) is 20.3. The number of nitrogens with one attached hydrogen (secondary N) is 3. The van der Waals surface area contributed by atoms with Gasteiger partial charge in [0.2, 0.25) is 0 Å². The molecule has 2 fully saturated rings. The lowest BCUT2D eigenvalue weighted by atomic mass is 9.96. The van der Waals surface area contributed by atoms with Crippen molar-refractivity contribution in [2.24, 2.45) is 5.92 Å². The summed E-state index contributed by atoms with van der Waals surface area (Å²) in [5.74, 6) is -2.61. The lowest BCUT2D eigenvalue weighted by Gasteiger charge is -2.21. The van der Waals surface area contributed by atoms with Crippen molar-refractivity contribution in [3.8, 4) is 0 Å². The van der Waals surface area contributed by atoms with Gasteiger partial charge < -0.3 is 10.1 Å². The molecule has 0 aromatic heterocycles. The third-order valence-corrected chi connectivity index (χ3v) is 4.99. The number of esters is 1. The highest BCUT2D eigenvalue weighted by molar-refractivity contribution is 6.09.